The maximum atomic E-state index is 6.03. The topological polar surface area (TPSA) is 0 Å². The summed E-state index contributed by atoms with van der Waals surface area (Å²) in [5.41, 5.74) is 1.42. The predicted molar refractivity (Wildman–Crippen MR) is 73.2 cm³/mol. The van der Waals surface area contributed by atoms with Crippen molar-refractivity contribution in [2.24, 2.45) is 0 Å². The zero-order valence-electron chi connectivity index (χ0n) is 7.55. The quantitative estimate of drug-likeness (QED) is 0.368. The van der Waals surface area contributed by atoms with E-state index in [9.17, 15) is 0 Å². The molecule has 7 heteroatoms. The van der Waals surface area contributed by atoms with Crippen LogP contribution in [0.5, 0.6) is 0 Å². The molecule has 1 aromatic rings. The maximum absolute atomic E-state index is 6.03. The van der Waals surface area contributed by atoms with E-state index in [0.29, 0.717) is 26.7 Å². The molecule has 84 valence electrons. The molecule has 0 saturated heterocycles. The summed E-state index contributed by atoms with van der Waals surface area (Å²) in [6.45, 7) is 1.78. The first kappa shape index (κ1) is 14.2. The largest absolute Gasteiger partial charge is 0.345 e. The Morgan fingerprint density at radius 1 is 1.07 bits per heavy atom. The fourth-order valence-electron chi connectivity index (χ4n) is 1.08. The molecule has 0 saturated carbocycles. The molecule has 0 aliphatic heterocycles. The summed E-state index contributed by atoms with van der Waals surface area (Å²) in [4.78, 5) is 0. The number of hydrogen-bond acceptors (Lipinski definition) is 0. The lowest BCUT2D eigenvalue weighted by atomic mass is 10.2. The molecule has 1 aromatic carbocycles. The van der Waals surface area contributed by atoms with Gasteiger partial charge in [0.15, 0.2) is 0 Å². The number of hydrogen-bond donors (Lipinski definition) is 0. The number of rotatable bonds is 2. The van der Waals surface area contributed by atoms with Crippen molar-refractivity contribution in [2.45, 2.75) is 13.0 Å². The molecule has 0 aromatic heterocycles. The van der Waals surface area contributed by atoms with Crippen LogP contribution in [0.4, 0.5) is 0 Å². The average molecular weight is 343 g/mol. The van der Waals surface area contributed by atoms with E-state index in [1.165, 1.54) is 0 Å². The van der Waals surface area contributed by atoms with Crippen LogP contribution in [0.3, 0.4) is 0 Å². The Kier molecular flexibility index (Phi) is 4.95. The minimum atomic E-state index is -2.78. The Bertz CT molecular complexity index is 384. The van der Waals surface area contributed by atoms with Crippen LogP contribution < -0.4 is 0 Å². The molecule has 0 aliphatic carbocycles. The van der Waals surface area contributed by atoms with E-state index in [2.05, 4.69) is 0 Å². The van der Waals surface area contributed by atoms with E-state index in [4.69, 9.17) is 68.0 Å². The van der Waals surface area contributed by atoms with Crippen molar-refractivity contribution in [1.82, 2.24) is 0 Å². The van der Waals surface area contributed by atoms with Crippen LogP contribution in [-0.4, -0.2) is 6.00 Å². The van der Waals surface area contributed by atoms with Gasteiger partial charge in [-0.05, 0) is 24.1 Å². The molecule has 0 atom stereocenters. The Morgan fingerprint density at radius 3 is 2.07 bits per heavy atom. The summed E-state index contributed by atoms with van der Waals surface area (Å²) in [7, 11) is 0. The smallest absolute Gasteiger partial charge is 0.126 e. The van der Waals surface area contributed by atoms with E-state index in [1.807, 2.05) is 0 Å². The first-order valence-corrected chi connectivity index (χ1v) is 10.3. The molecule has 0 aliphatic rings. The summed E-state index contributed by atoms with van der Waals surface area (Å²) in [5, 5.41) is 1.36. The van der Waals surface area contributed by atoms with Crippen molar-refractivity contribution in [3.8, 4) is 0 Å². The van der Waals surface area contributed by atoms with E-state index < -0.39 is 6.00 Å². The van der Waals surface area contributed by atoms with Crippen LogP contribution in [0, 0.1) is 6.92 Å². The molecule has 0 unspecified atom stereocenters. The number of benzene rings is 1. The lowest BCUT2D eigenvalue weighted by Crippen LogP contribution is -2.14. The second kappa shape index (κ2) is 5.22. The Morgan fingerprint density at radius 2 is 1.60 bits per heavy atom. The SMILES string of the molecule is Cc1c(Cl)cc(C[Si](Cl)(Cl)Cl)c(Cl)c1Cl. The molecular formula is C8H6Cl6Si. The third kappa shape index (κ3) is 3.85. The van der Waals surface area contributed by atoms with Crippen LogP contribution in [0.15, 0.2) is 6.07 Å². The van der Waals surface area contributed by atoms with Gasteiger partial charge >= 0.3 is 6.00 Å². The molecule has 0 heterocycles. The minimum absolute atomic E-state index is 0.302. The standard InChI is InChI=1S/C8H6Cl6Si/c1-4-6(9)2-5(3-15(12,13)14)8(11)7(4)10/h2H,3H2,1H3. The van der Waals surface area contributed by atoms with Gasteiger partial charge in [-0.15, -0.1) is 33.2 Å². The van der Waals surface area contributed by atoms with E-state index in [1.54, 1.807) is 13.0 Å². The molecule has 0 fully saturated rings. The van der Waals surface area contributed by atoms with Gasteiger partial charge in [-0.25, -0.2) is 0 Å². The molecular weight excluding hydrogens is 337 g/mol. The Balaban J connectivity index is 3.21. The summed E-state index contributed by atoms with van der Waals surface area (Å²) in [5.74, 6) is 0. The second-order valence-electron chi connectivity index (χ2n) is 3.06. The third-order valence-electron chi connectivity index (χ3n) is 1.85. The van der Waals surface area contributed by atoms with Crippen LogP contribution in [0.2, 0.25) is 15.1 Å². The molecule has 0 spiro atoms. The van der Waals surface area contributed by atoms with Gasteiger partial charge < -0.3 is 0 Å². The fraction of sp³-hybridized carbons (Fsp3) is 0.250. The van der Waals surface area contributed by atoms with Gasteiger partial charge in [0.05, 0.1) is 10.0 Å². The van der Waals surface area contributed by atoms with Crippen molar-refractivity contribution in [3.63, 3.8) is 0 Å². The fourth-order valence-corrected chi connectivity index (χ4v) is 3.96. The normalized spacial score (nSPS) is 11.9. The van der Waals surface area contributed by atoms with Crippen molar-refractivity contribution in [2.75, 3.05) is 0 Å². The summed E-state index contributed by atoms with van der Waals surface area (Å²) in [6.07, 6.45) is 0. The Labute approximate surface area is 118 Å². The van der Waals surface area contributed by atoms with Gasteiger partial charge in [-0.1, -0.05) is 34.8 Å². The van der Waals surface area contributed by atoms with Crippen LogP contribution >= 0.6 is 68.0 Å². The Hall–Kier alpha value is 1.18. The first-order valence-electron chi connectivity index (χ1n) is 3.92. The minimum Gasteiger partial charge on any atom is -0.126 e. The average Bonchev–Trinajstić information content (AvgIpc) is 2.08. The highest BCUT2D eigenvalue weighted by Gasteiger charge is 2.27. The highest BCUT2D eigenvalue weighted by Crippen LogP contribution is 2.37. The number of halogens is 6. The molecule has 0 amide bonds. The lowest BCUT2D eigenvalue weighted by molar-refractivity contribution is 1.34. The van der Waals surface area contributed by atoms with E-state index in [-0.39, 0.29) is 0 Å². The third-order valence-corrected chi connectivity index (χ3v) is 5.23. The highest BCUT2D eigenvalue weighted by molar-refractivity contribution is 7.64. The van der Waals surface area contributed by atoms with Gasteiger partial charge in [-0.2, -0.15) is 0 Å². The van der Waals surface area contributed by atoms with Crippen molar-refractivity contribution >= 4 is 74.0 Å². The van der Waals surface area contributed by atoms with Crippen molar-refractivity contribution in [1.29, 1.82) is 0 Å². The lowest BCUT2D eigenvalue weighted by Gasteiger charge is -2.13. The summed E-state index contributed by atoms with van der Waals surface area (Å²) < 4.78 is 0. The van der Waals surface area contributed by atoms with Crippen molar-refractivity contribution in [3.05, 3.63) is 32.3 Å². The summed E-state index contributed by atoms with van der Waals surface area (Å²) >= 11 is 35.4. The van der Waals surface area contributed by atoms with Gasteiger partial charge in [0.25, 0.3) is 0 Å². The van der Waals surface area contributed by atoms with Gasteiger partial charge in [-0.3, -0.25) is 0 Å². The first-order chi connectivity index (χ1) is 6.72. The van der Waals surface area contributed by atoms with Gasteiger partial charge in [0, 0.05) is 11.1 Å². The maximum Gasteiger partial charge on any atom is 0.345 e. The van der Waals surface area contributed by atoms with E-state index in [0.717, 1.165) is 5.56 Å². The van der Waals surface area contributed by atoms with Crippen molar-refractivity contribution < 1.29 is 0 Å². The molecule has 0 radical (unpaired) electrons. The van der Waals surface area contributed by atoms with Crippen LogP contribution in [0.1, 0.15) is 11.1 Å². The summed E-state index contributed by atoms with van der Waals surface area (Å²) in [6, 6.07) is -0.781. The monoisotopic (exact) mass is 340 g/mol. The second-order valence-corrected chi connectivity index (χ2v) is 13.4. The molecule has 0 nitrogen and oxygen atoms in total. The van der Waals surface area contributed by atoms with Crippen LogP contribution in [-0.2, 0) is 6.04 Å². The molecule has 0 bridgehead atoms. The molecule has 15 heavy (non-hydrogen) atoms. The van der Waals surface area contributed by atoms with Gasteiger partial charge in [0.1, 0.15) is 0 Å². The molecule has 1 rings (SSSR count). The van der Waals surface area contributed by atoms with Gasteiger partial charge in [0.2, 0.25) is 0 Å². The predicted octanol–water partition coefficient (Wildman–Crippen LogP) is 5.69. The highest BCUT2D eigenvalue weighted by atomic mass is 35.8. The zero-order valence-corrected chi connectivity index (χ0v) is 13.1. The van der Waals surface area contributed by atoms with E-state index >= 15 is 0 Å². The molecule has 0 N–H and O–H groups in total. The zero-order chi connectivity index (χ0) is 11.8. The van der Waals surface area contributed by atoms with Crippen LogP contribution in [0.25, 0.3) is 0 Å².